The fourth-order valence-electron chi connectivity index (χ4n) is 4.02. The summed E-state index contributed by atoms with van der Waals surface area (Å²) < 4.78 is 11.4. The second-order valence-electron chi connectivity index (χ2n) is 8.26. The lowest BCUT2D eigenvalue weighted by Crippen LogP contribution is -2.47. The van der Waals surface area contributed by atoms with Crippen LogP contribution in [0.5, 0.6) is 11.5 Å². The van der Waals surface area contributed by atoms with Gasteiger partial charge in [-0.15, -0.1) is 0 Å². The molecule has 7 nitrogen and oxygen atoms in total. The average Bonchev–Trinajstić information content (AvgIpc) is 2.74. The van der Waals surface area contributed by atoms with Gasteiger partial charge < -0.3 is 24.4 Å². The zero-order chi connectivity index (χ0) is 20.6. The Hall–Kier alpha value is -1.38. The van der Waals surface area contributed by atoms with Crippen molar-refractivity contribution in [3.05, 3.63) is 23.8 Å². The molecule has 0 unspecified atom stereocenters. The van der Waals surface area contributed by atoms with E-state index < -0.39 is 6.10 Å². The van der Waals surface area contributed by atoms with E-state index in [4.69, 9.17) is 9.47 Å². The van der Waals surface area contributed by atoms with Crippen LogP contribution in [-0.2, 0) is 6.54 Å². The van der Waals surface area contributed by atoms with Gasteiger partial charge in [0, 0.05) is 65.4 Å². The highest BCUT2D eigenvalue weighted by molar-refractivity contribution is 5.43. The lowest BCUT2D eigenvalue weighted by molar-refractivity contribution is 0.0497. The number of β-amino-alcohol motifs (C(OH)–C–C–N with tert-alkyl or cyclic N) is 1. The second kappa shape index (κ2) is 11.1. The molecule has 164 valence electrons. The van der Waals surface area contributed by atoms with Crippen LogP contribution in [0.2, 0.25) is 0 Å². The molecule has 3 rings (SSSR count). The van der Waals surface area contributed by atoms with Crippen molar-refractivity contribution < 1.29 is 14.6 Å². The number of methoxy groups -OCH3 is 1. The largest absolute Gasteiger partial charge is 0.493 e. The maximum atomic E-state index is 10.4. The van der Waals surface area contributed by atoms with E-state index in [9.17, 15) is 5.11 Å². The molecule has 7 heteroatoms. The predicted octanol–water partition coefficient (Wildman–Crippen LogP) is 0.820. The number of piperazine rings is 2. The third kappa shape index (κ3) is 6.83. The molecule has 1 aromatic carbocycles. The van der Waals surface area contributed by atoms with Gasteiger partial charge in [0.2, 0.25) is 0 Å². The van der Waals surface area contributed by atoms with Crippen molar-refractivity contribution >= 4 is 0 Å². The van der Waals surface area contributed by atoms with Crippen LogP contribution in [0, 0.1) is 0 Å². The van der Waals surface area contributed by atoms with Gasteiger partial charge in [0.05, 0.1) is 7.11 Å². The van der Waals surface area contributed by atoms with E-state index in [0.29, 0.717) is 6.54 Å². The van der Waals surface area contributed by atoms with Crippen LogP contribution in [0.1, 0.15) is 12.5 Å². The molecule has 2 fully saturated rings. The van der Waals surface area contributed by atoms with E-state index >= 15 is 0 Å². The Morgan fingerprint density at radius 2 is 1.59 bits per heavy atom. The Labute approximate surface area is 175 Å². The molecule has 1 aromatic rings. The smallest absolute Gasteiger partial charge is 0.161 e. The molecule has 2 aliphatic rings. The van der Waals surface area contributed by atoms with Gasteiger partial charge in [-0.3, -0.25) is 9.80 Å². The summed E-state index contributed by atoms with van der Waals surface area (Å²) in [5.74, 6) is 1.44. The number of rotatable bonds is 9. The van der Waals surface area contributed by atoms with Crippen LogP contribution >= 0.6 is 0 Å². The van der Waals surface area contributed by atoms with Crippen LogP contribution in [0.25, 0.3) is 0 Å². The highest BCUT2D eigenvalue weighted by Crippen LogP contribution is 2.29. The lowest BCUT2D eigenvalue weighted by atomic mass is 10.1. The summed E-state index contributed by atoms with van der Waals surface area (Å²) in [6, 6.07) is 6.14. The van der Waals surface area contributed by atoms with Crippen LogP contribution in [0.3, 0.4) is 0 Å². The minimum Gasteiger partial charge on any atom is -0.493 e. The molecule has 0 radical (unpaired) electrons. The van der Waals surface area contributed by atoms with Gasteiger partial charge in [-0.1, -0.05) is 13.0 Å². The van der Waals surface area contributed by atoms with Crippen molar-refractivity contribution in [2.75, 3.05) is 86.2 Å². The molecule has 0 aromatic heterocycles. The minimum absolute atomic E-state index is 0.279. The van der Waals surface area contributed by atoms with Crippen molar-refractivity contribution in [2.24, 2.45) is 0 Å². The summed E-state index contributed by atoms with van der Waals surface area (Å²) in [6.07, 6.45) is -0.506. The molecule has 0 spiro atoms. The normalized spacial score (nSPS) is 21.2. The minimum atomic E-state index is -0.506. The third-order valence-corrected chi connectivity index (χ3v) is 6.04. The Bertz CT molecular complexity index is 614. The zero-order valence-corrected chi connectivity index (χ0v) is 18.3. The molecule has 2 heterocycles. The number of hydrogen-bond acceptors (Lipinski definition) is 7. The quantitative estimate of drug-likeness (QED) is 0.652. The highest BCUT2D eigenvalue weighted by Gasteiger charge is 2.19. The monoisotopic (exact) mass is 406 g/mol. The van der Waals surface area contributed by atoms with Crippen molar-refractivity contribution in [3.8, 4) is 11.5 Å². The molecular weight excluding hydrogens is 368 g/mol. The fourth-order valence-corrected chi connectivity index (χ4v) is 4.02. The molecular formula is C22H38N4O3. The molecule has 2 aliphatic heterocycles. The van der Waals surface area contributed by atoms with Crippen molar-refractivity contribution in [2.45, 2.75) is 19.6 Å². The molecule has 0 aliphatic carbocycles. The number of ether oxygens (including phenoxy) is 2. The molecule has 1 atom stereocenters. The third-order valence-electron chi connectivity index (χ3n) is 6.04. The standard InChI is InChI=1S/C22H38N4O3/c1-4-24-11-13-25(14-12-24)16-19-5-6-21(28-3)22(15-19)29-18-20(27)17-26-9-7-23(2)8-10-26/h5-6,15,20,27H,4,7-14,16-18H2,1-3H3/t20-/m1/s1. The van der Waals surface area contributed by atoms with E-state index in [0.717, 1.165) is 76.9 Å². The molecule has 0 amide bonds. The topological polar surface area (TPSA) is 51.7 Å². The second-order valence-corrected chi connectivity index (χ2v) is 8.26. The number of hydrogen-bond donors (Lipinski definition) is 1. The van der Waals surface area contributed by atoms with Crippen LogP contribution in [0.15, 0.2) is 18.2 Å². The summed E-state index contributed by atoms with van der Waals surface area (Å²) in [6.45, 7) is 13.8. The first-order valence-corrected chi connectivity index (χ1v) is 10.9. The van der Waals surface area contributed by atoms with Crippen molar-refractivity contribution in [1.82, 2.24) is 19.6 Å². The Kier molecular flexibility index (Phi) is 8.56. The van der Waals surface area contributed by atoms with Crippen LogP contribution in [-0.4, -0.2) is 117 Å². The van der Waals surface area contributed by atoms with Crippen LogP contribution in [0.4, 0.5) is 0 Å². The Morgan fingerprint density at radius 3 is 2.24 bits per heavy atom. The molecule has 29 heavy (non-hydrogen) atoms. The first-order valence-electron chi connectivity index (χ1n) is 10.9. The summed E-state index contributed by atoms with van der Waals surface area (Å²) in [5, 5.41) is 10.4. The molecule has 1 N–H and O–H groups in total. The van der Waals surface area contributed by atoms with E-state index in [1.807, 2.05) is 6.07 Å². The van der Waals surface area contributed by atoms with Crippen molar-refractivity contribution in [3.63, 3.8) is 0 Å². The molecule has 2 saturated heterocycles. The SMILES string of the molecule is CCN1CCN(Cc2ccc(OC)c(OC[C@H](O)CN3CCN(C)CC3)c2)CC1. The van der Waals surface area contributed by atoms with Gasteiger partial charge in [-0.2, -0.15) is 0 Å². The fraction of sp³-hybridized carbons (Fsp3) is 0.727. The van der Waals surface area contributed by atoms with Gasteiger partial charge >= 0.3 is 0 Å². The van der Waals surface area contributed by atoms with Crippen LogP contribution < -0.4 is 9.47 Å². The van der Waals surface area contributed by atoms with Gasteiger partial charge in [0.25, 0.3) is 0 Å². The van der Waals surface area contributed by atoms with Crippen molar-refractivity contribution in [1.29, 1.82) is 0 Å². The Balaban J connectivity index is 1.50. The predicted molar refractivity (Wildman–Crippen MR) is 116 cm³/mol. The highest BCUT2D eigenvalue weighted by atomic mass is 16.5. The number of aliphatic hydroxyl groups is 1. The average molecular weight is 407 g/mol. The summed E-state index contributed by atoms with van der Waals surface area (Å²) >= 11 is 0. The number of aliphatic hydroxyl groups excluding tert-OH is 1. The first kappa shape index (κ1) is 22.3. The van der Waals surface area contributed by atoms with E-state index in [2.05, 4.69) is 45.7 Å². The summed E-state index contributed by atoms with van der Waals surface area (Å²) in [4.78, 5) is 9.59. The van der Waals surface area contributed by atoms with E-state index in [1.165, 1.54) is 5.56 Å². The molecule has 0 saturated carbocycles. The zero-order valence-electron chi connectivity index (χ0n) is 18.3. The number of likely N-dealkylation sites (N-methyl/N-ethyl adjacent to an activating group) is 2. The first-order chi connectivity index (χ1) is 14.1. The van der Waals surface area contributed by atoms with Gasteiger partial charge in [0.1, 0.15) is 12.7 Å². The Morgan fingerprint density at radius 1 is 0.931 bits per heavy atom. The van der Waals surface area contributed by atoms with E-state index in [-0.39, 0.29) is 6.61 Å². The maximum Gasteiger partial charge on any atom is 0.161 e. The van der Waals surface area contributed by atoms with Gasteiger partial charge in [0.15, 0.2) is 11.5 Å². The van der Waals surface area contributed by atoms with E-state index in [1.54, 1.807) is 7.11 Å². The number of benzene rings is 1. The maximum absolute atomic E-state index is 10.4. The number of nitrogens with zero attached hydrogens (tertiary/aromatic N) is 4. The summed E-state index contributed by atoms with van der Waals surface area (Å²) in [5.41, 5.74) is 1.22. The molecule has 0 bridgehead atoms. The van der Waals surface area contributed by atoms with Gasteiger partial charge in [-0.25, -0.2) is 0 Å². The lowest BCUT2D eigenvalue weighted by Gasteiger charge is -2.34. The van der Waals surface area contributed by atoms with Gasteiger partial charge in [-0.05, 0) is 31.3 Å². The summed E-state index contributed by atoms with van der Waals surface area (Å²) in [7, 11) is 3.80.